The van der Waals surface area contributed by atoms with Crippen LogP contribution in [0.15, 0.2) is 11.6 Å². The average molecular weight is 321 g/mol. The van der Waals surface area contributed by atoms with Crippen molar-refractivity contribution in [2.75, 3.05) is 11.9 Å². The van der Waals surface area contributed by atoms with Crippen LogP contribution < -0.4 is 5.32 Å². The topological polar surface area (TPSA) is 73.2 Å². The maximum atomic E-state index is 12.5. The molecule has 22 heavy (non-hydrogen) atoms. The van der Waals surface area contributed by atoms with Crippen molar-refractivity contribution in [1.82, 2.24) is 9.55 Å². The van der Waals surface area contributed by atoms with E-state index in [0.29, 0.717) is 35.1 Å². The molecule has 0 unspecified atom stereocenters. The van der Waals surface area contributed by atoms with Crippen molar-refractivity contribution >= 4 is 28.3 Å². The molecule has 1 N–H and O–H groups in total. The van der Waals surface area contributed by atoms with Crippen LogP contribution in [0.2, 0.25) is 0 Å². The Hall–Kier alpha value is -2.15. The molecule has 2 heterocycles. The zero-order valence-electron chi connectivity index (χ0n) is 13.1. The molecule has 2 rings (SSSR count). The molecule has 0 saturated carbocycles. The Labute approximate surface area is 133 Å². The number of nitrogens with one attached hydrogen (secondary N) is 1. The maximum absolute atomic E-state index is 12.5. The van der Waals surface area contributed by atoms with Gasteiger partial charge < -0.3 is 9.30 Å². The molecule has 6 nitrogen and oxygen atoms in total. The molecule has 1 amide bonds. The molecule has 0 aromatic carbocycles. The summed E-state index contributed by atoms with van der Waals surface area (Å²) in [6.45, 7) is 8.17. The van der Waals surface area contributed by atoms with E-state index in [1.165, 1.54) is 11.3 Å². The lowest BCUT2D eigenvalue weighted by Gasteiger charge is -2.08. The van der Waals surface area contributed by atoms with Crippen molar-refractivity contribution in [2.45, 2.75) is 34.2 Å². The summed E-state index contributed by atoms with van der Waals surface area (Å²) in [7, 11) is 0. The highest BCUT2D eigenvalue weighted by Gasteiger charge is 2.26. The molecule has 0 aliphatic rings. The van der Waals surface area contributed by atoms with Crippen LogP contribution in [0.3, 0.4) is 0 Å². The van der Waals surface area contributed by atoms with Gasteiger partial charge in [0, 0.05) is 23.8 Å². The summed E-state index contributed by atoms with van der Waals surface area (Å²) < 4.78 is 6.91. The monoisotopic (exact) mass is 321 g/mol. The highest BCUT2D eigenvalue weighted by molar-refractivity contribution is 7.13. The number of carbonyl (C=O) groups is 2. The molecule has 0 fully saturated rings. The lowest BCUT2D eigenvalue weighted by molar-refractivity contribution is 0.0512. The van der Waals surface area contributed by atoms with E-state index < -0.39 is 5.97 Å². The zero-order valence-corrected chi connectivity index (χ0v) is 13.9. The molecular weight excluding hydrogens is 302 g/mol. The minimum absolute atomic E-state index is 0.261. The van der Waals surface area contributed by atoms with Crippen molar-refractivity contribution < 1.29 is 14.3 Å². The van der Waals surface area contributed by atoms with Crippen LogP contribution in [-0.4, -0.2) is 28.0 Å². The van der Waals surface area contributed by atoms with E-state index in [1.54, 1.807) is 25.4 Å². The van der Waals surface area contributed by atoms with Gasteiger partial charge in [-0.05, 0) is 33.3 Å². The largest absolute Gasteiger partial charge is 0.461 e. The fourth-order valence-electron chi connectivity index (χ4n) is 2.53. The van der Waals surface area contributed by atoms with Gasteiger partial charge in [0.05, 0.1) is 12.2 Å². The summed E-state index contributed by atoms with van der Waals surface area (Å²) in [5.74, 6) is -0.666. The first-order valence-electron chi connectivity index (χ1n) is 7.08. The highest BCUT2D eigenvalue weighted by atomic mass is 32.1. The van der Waals surface area contributed by atoms with Crippen molar-refractivity contribution in [3.05, 3.63) is 34.1 Å². The minimum atomic E-state index is -0.404. The fourth-order valence-corrected chi connectivity index (χ4v) is 3.06. The summed E-state index contributed by atoms with van der Waals surface area (Å²) in [4.78, 5) is 28.7. The number of thiazole rings is 1. The van der Waals surface area contributed by atoms with Crippen LogP contribution in [0.25, 0.3) is 0 Å². The number of hydrogen-bond acceptors (Lipinski definition) is 5. The van der Waals surface area contributed by atoms with E-state index in [2.05, 4.69) is 10.3 Å². The van der Waals surface area contributed by atoms with Crippen molar-refractivity contribution in [3.8, 4) is 0 Å². The van der Waals surface area contributed by atoms with Gasteiger partial charge in [0.2, 0.25) is 0 Å². The first-order valence-corrected chi connectivity index (χ1v) is 7.96. The third-order valence-corrected chi connectivity index (χ3v) is 4.12. The van der Waals surface area contributed by atoms with E-state index in [-0.39, 0.29) is 5.91 Å². The van der Waals surface area contributed by atoms with Crippen LogP contribution in [0, 0.1) is 13.8 Å². The Bertz CT molecular complexity index is 689. The third-order valence-electron chi connectivity index (χ3n) is 3.43. The Morgan fingerprint density at radius 2 is 2.09 bits per heavy atom. The zero-order chi connectivity index (χ0) is 16.3. The Morgan fingerprint density at radius 3 is 2.64 bits per heavy atom. The van der Waals surface area contributed by atoms with Gasteiger partial charge in [-0.25, -0.2) is 9.78 Å². The molecule has 0 saturated heterocycles. The number of amides is 1. The second-order valence-corrected chi connectivity index (χ2v) is 5.58. The van der Waals surface area contributed by atoms with Gasteiger partial charge in [0.1, 0.15) is 5.69 Å². The number of aromatic nitrogens is 2. The van der Waals surface area contributed by atoms with E-state index >= 15 is 0 Å². The minimum Gasteiger partial charge on any atom is -0.461 e. The van der Waals surface area contributed by atoms with Gasteiger partial charge in [0.25, 0.3) is 5.91 Å². The Balaban J connectivity index is 2.43. The number of nitrogens with zero attached hydrogens (tertiary/aromatic N) is 2. The average Bonchev–Trinajstić information content (AvgIpc) is 3.05. The van der Waals surface area contributed by atoms with Crippen LogP contribution in [0.4, 0.5) is 5.13 Å². The number of hydrogen-bond donors (Lipinski definition) is 1. The molecule has 2 aromatic rings. The molecule has 0 aliphatic heterocycles. The lowest BCUT2D eigenvalue weighted by atomic mass is 10.1. The second kappa shape index (κ2) is 6.74. The van der Waals surface area contributed by atoms with Crippen LogP contribution in [-0.2, 0) is 11.3 Å². The number of esters is 1. The molecule has 7 heteroatoms. The van der Waals surface area contributed by atoms with Gasteiger partial charge in [-0.2, -0.15) is 0 Å². The molecule has 0 spiro atoms. The van der Waals surface area contributed by atoms with Gasteiger partial charge >= 0.3 is 5.97 Å². The number of rotatable bonds is 5. The van der Waals surface area contributed by atoms with E-state index in [0.717, 1.165) is 5.69 Å². The van der Waals surface area contributed by atoms with Gasteiger partial charge in [-0.15, -0.1) is 11.3 Å². The maximum Gasteiger partial charge on any atom is 0.355 e. The third kappa shape index (κ3) is 2.89. The predicted molar refractivity (Wildman–Crippen MR) is 85.6 cm³/mol. The first-order chi connectivity index (χ1) is 10.5. The number of ether oxygens (including phenoxy) is 1. The SMILES string of the molecule is CCOC(=O)c1c(C)c(C(=O)Nc2nccs2)c(C)n1CC. The highest BCUT2D eigenvalue weighted by Crippen LogP contribution is 2.24. The smallest absolute Gasteiger partial charge is 0.355 e. The molecule has 0 atom stereocenters. The summed E-state index contributed by atoms with van der Waals surface area (Å²) in [6.07, 6.45) is 1.63. The number of anilines is 1. The van der Waals surface area contributed by atoms with Crippen LogP contribution in [0.5, 0.6) is 0 Å². The van der Waals surface area contributed by atoms with Crippen molar-refractivity contribution in [3.63, 3.8) is 0 Å². The van der Waals surface area contributed by atoms with Crippen molar-refractivity contribution in [2.24, 2.45) is 0 Å². The fraction of sp³-hybridized carbons (Fsp3) is 0.400. The predicted octanol–water partition coefficient (Wildman–Crippen LogP) is 3.01. The molecular formula is C15H19N3O3S. The number of carbonyl (C=O) groups excluding carboxylic acids is 2. The quantitative estimate of drug-likeness (QED) is 0.859. The Morgan fingerprint density at radius 1 is 1.36 bits per heavy atom. The van der Waals surface area contributed by atoms with Crippen LogP contribution in [0.1, 0.15) is 46.0 Å². The van der Waals surface area contributed by atoms with E-state index in [4.69, 9.17) is 4.74 Å². The van der Waals surface area contributed by atoms with Gasteiger partial charge in [-0.1, -0.05) is 0 Å². The molecule has 2 aromatic heterocycles. The summed E-state index contributed by atoms with van der Waals surface area (Å²) in [5.41, 5.74) is 2.32. The molecule has 0 radical (unpaired) electrons. The van der Waals surface area contributed by atoms with Crippen LogP contribution >= 0.6 is 11.3 Å². The standard InChI is InChI=1S/C15H19N3O3S/c1-5-18-10(4)11(9(3)12(18)14(20)21-6-2)13(19)17-15-16-7-8-22-15/h7-8H,5-6H2,1-4H3,(H,16,17,19). The van der Waals surface area contributed by atoms with E-state index in [1.807, 2.05) is 18.4 Å². The van der Waals surface area contributed by atoms with E-state index in [9.17, 15) is 9.59 Å². The first kappa shape index (κ1) is 16.2. The Kier molecular flexibility index (Phi) is 4.97. The van der Waals surface area contributed by atoms with Gasteiger partial charge in [-0.3, -0.25) is 10.1 Å². The lowest BCUT2D eigenvalue weighted by Crippen LogP contribution is -2.14. The van der Waals surface area contributed by atoms with Gasteiger partial charge in [0.15, 0.2) is 5.13 Å². The molecule has 118 valence electrons. The normalized spacial score (nSPS) is 10.5. The summed E-state index contributed by atoms with van der Waals surface area (Å²) in [5, 5.41) is 5.08. The molecule has 0 aliphatic carbocycles. The summed E-state index contributed by atoms with van der Waals surface area (Å²) >= 11 is 1.35. The molecule has 0 bridgehead atoms. The van der Waals surface area contributed by atoms with Crippen molar-refractivity contribution in [1.29, 1.82) is 0 Å². The second-order valence-electron chi connectivity index (χ2n) is 4.69. The summed E-state index contributed by atoms with van der Waals surface area (Å²) in [6, 6.07) is 0.